The Morgan fingerprint density at radius 2 is 1.59 bits per heavy atom. The van der Waals surface area contributed by atoms with Crippen LogP contribution in [0.25, 0.3) is 0 Å². The molecule has 1 aromatic carbocycles. The molecule has 1 heterocycles. The van der Waals surface area contributed by atoms with E-state index in [2.05, 4.69) is 15.1 Å². The average Bonchev–Trinajstić information content (AvgIpc) is 3.01. The number of nitrogens with one attached hydrogen (secondary N) is 2. The molecule has 27 heavy (non-hydrogen) atoms. The number of hydrogen-bond donors (Lipinski definition) is 2. The predicted octanol–water partition coefficient (Wildman–Crippen LogP) is 1.95. The van der Waals surface area contributed by atoms with Crippen LogP contribution in [0.4, 0.5) is 0 Å². The van der Waals surface area contributed by atoms with Crippen molar-refractivity contribution in [3.8, 4) is 0 Å². The smallest absolute Gasteiger partial charge is 0.241 e. The van der Waals surface area contributed by atoms with Crippen LogP contribution in [0, 0.1) is 34.6 Å². The minimum absolute atomic E-state index is 0.0477. The quantitative estimate of drug-likeness (QED) is 0.753. The van der Waals surface area contributed by atoms with E-state index < -0.39 is 10.0 Å². The monoisotopic (exact) mass is 392 g/mol. The van der Waals surface area contributed by atoms with Gasteiger partial charge in [-0.15, -0.1) is 0 Å². The second kappa shape index (κ2) is 8.22. The van der Waals surface area contributed by atoms with E-state index in [0.29, 0.717) is 11.4 Å². The van der Waals surface area contributed by atoms with Crippen molar-refractivity contribution in [2.24, 2.45) is 7.05 Å². The summed E-state index contributed by atoms with van der Waals surface area (Å²) in [5.74, 6) is -0.216. The number of aromatic nitrogens is 2. The molecule has 2 aromatic rings. The zero-order chi connectivity index (χ0) is 20.4. The predicted molar refractivity (Wildman–Crippen MR) is 105 cm³/mol. The molecule has 148 valence electrons. The third-order valence-corrected chi connectivity index (χ3v) is 6.83. The van der Waals surface area contributed by atoms with Crippen LogP contribution in [-0.2, 0) is 28.4 Å². The van der Waals surface area contributed by atoms with Crippen LogP contribution in [0.2, 0.25) is 0 Å². The summed E-state index contributed by atoms with van der Waals surface area (Å²) in [6.07, 6.45) is 3.56. The van der Waals surface area contributed by atoms with Gasteiger partial charge in [0.1, 0.15) is 0 Å². The SMILES string of the molecule is Cc1c(C)c(C)c(S(=O)(=O)NCCC(=O)NCc2cnn(C)c2)c(C)c1C. The minimum atomic E-state index is -3.69. The normalized spacial score (nSPS) is 11.6. The van der Waals surface area contributed by atoms with Crippen molar-refractivity contribution in [2.75, 3.05) is 6.54 Å². The van der Waals surface area contributed by atoms with Gasteiger partial charge in [0.25, 0.3) is 0 Å². The van der Waals surface area contributed by atoms with Gasteiger partial charge in [-0.1, -0.05) is 0 Å². The topological polar surface area (TPSA) is 93.1 Å². The Morgan fingerprint density at radius 3 is 2.11 bits per heavy atom. The summed E-state index contributed by atoms with van der Waals surface area (Å²) in [5.41, 5.74) is 5.47. The Kier molecular flexibility index (Phi) is 6.43. The summed E-state index contributed by atoms with van der Waals surface area (Å²) in [5, 5.41) is 6.79. The fourth-order valence-electron chi connectivity index (χ4n) is 3.09. The van der Waals surface area contributed by atoms with Crippen LogP contribution in [0.1, 0.15) is 39.8 Å². The van der Waals surface area contributed by atoms with Crippen LogP contribution >= 0.6 is 0 Å². The van der Waals surface area contributed by atoms with Crippen molar-refractivity contribution in [2.45, 2.75) is 52.5 Å². The Balaban J connectivity index is 2.00. The van der Waals surface area contributed by atoms with Crippen LogP contribution in [-0.4, -0.2) is 30.7 Å². The minimum Gasteiger partial charge on any atom is -0.352 e. The lowest BCUT2D eigenvalue weighted by Gasteiger charge is -2.19. The van der Waals surface area contributed by atoms with E-state index in [1.807, 2.05) is 40.8 Å². The Hall–Kier alpha value is -2.19. The van der Waals surface area contributed by atoms with Crippen LogP contribution in [0.15, 0.2) is 17.3 Å². The van der Waals surface area contributed by atoms with Crippen molar-refractivity contribution in [1.82, 2.24) is 19.8 Å². The summed E-state index contributed by atoms with van der Waals surface area (Å²) in [6, 6.07) is 0. The molecule has 2 rings (SSSR count). The van der Waals surface area contributed by atoms with Gasteiger partial charge in [-0.05, 0) is 62.4 Å². The Bertz CT molecular complexity index is 933. The van der Waals surface area contributed by atoms with E-state index in [4.69, 9.17) is 0 Å². The van der Waals surface area contributed by atoms with Gasteiger partial charge in [0.15, 0.2) is 0 Å². The first-order chi connectivity index (χ1) is 12.5. The van der Waals surface area contributed by atoms with Crippen LogP contribution in [0.3, 0.4) is 0 Å². The molecule has 8 heteroatoms. The summed E-state index contributed by atoms with van der Waals surface area (Å²) in [4.78, 5) is 12.3. The number of sulfonamides is 1. The molecule has 2 N–H and O–H groups in total. The highest BCUT2D eigenvalue weighted by molar-refractivity contribution is 7.89. The summed E-state index contributed by atoms with van der Waals surface area (Å²) in [7, 11) is -1.88. The van der Waals surface area contributed by atoms with Crippen molar-refractivity contribution < 1.29 is 13.2 Å². The Labute approximate surface area is 161 Å². The fraction of sp³-hybridized carbons (Fsp3) is 0.474. The molecule has 1 amide bonds. The zero-order valence-corrected chi connectivity index (χ0v) is 17.6. The fourth-order valence-corrected chi connectivity index (χ4v) is 4.72. The lowest BCUT2D eigenvalue weighted by molar-refractivity contribution is -0.121. The van der Waals surface area contributed by atoms with Crippen molar-refractivity contribution in [3.05, 3.63) is 45.8 Å². The molecule has 0 spiro atoms. The standard InChI is InChI=1S/C19H28N4O3S/c1-12-13(2)15(4)19(16(5)14(12)3)27(25,26)22-8-7-18(24)20-9-17-10-21-23(6)11-17/h10-11,22H,7-9H2,1-6H3,(H,20,24). The van der Waals surface area contributed by atoms with E-state index in [0.717, 1.165) is 33.4 Å². The zero-order valence-electron chi connectivity index (χ0n) is 16.8. The highest BCUT2D eigenvalue weighted by atomic mass is 32.2. The highest BCUT2D eigenvalue weighted by Gasteiger charge is 2.23. The van der Waals surface area contributed by atoms with Gasteiger partial charge < -0.3 is 5.32 Å². The van der Waals surface area contributed by atoms with Crippen molar-refractivity contribution in [1.29, 1.82) is 0 Å². The van der Waals surface area contributed by atoms with Crippen LogP contribution in [0.5, 0.6) is 0 Å². The molecule has 0 aliphatic carbocycles. The second-order valence-electron chi connectivity index (χ2n) is 6.90. The van der Waals surface area contributed by atoms with Gasteiger partial charge in [0, 0.05) is 38.3 Å². The van der Waals surface area contributed by atoms with E-state index in [9.17, 15) is 13.2 Å². The molecule has 0 unspecified atom stereocenters. The maximum absolute atomic E-state index is 12.8. The number of rotatable bonds is 7. The lowest BCUT2D eigenvalue weighted by Crippen LogP contribution is -2.31. The highest BCUT2D eigenvalue weighted by Crippen LogP contribution is 2.29. The number of carbonyl (C=O) groups excluding carboxylic acids is 1. The molecule has 7 nitrogen and oxygen atoms in total. The Morgan fingerprint density at radius 1 is 1.04 bits per heavy atom. The van der Waals surface area contributed by atoms with Gasteiger partial charge >= 0.3 is 0 Å². The first-order valence-electron chi connectivity index (χ1n) is 8.85. The third-order valence-electron chi connectivity index (χ3n) is 5.09. The largest absolute Gasteiger partial charge is 0.352 e. The van der Waals surface area contributed by atoms with E-state index >= 15 is 0 Å². The first kappa shape index (κ1) is 21.1. The summed E-state index contributed by atoms with van der Waals surface area (Å²) in [6.45, 7) is 9.93. The summed E-state index contributed by atoms with van der Waals surface area (Å²) >= 11 is 0. The third kappa shape index (κ3) is 4.75. The molecule has 0 aliphatic rings. The van der Waals surface area contributed by atoms with E-state index in [1.165, 1.54) is 0 Å². The van der Waals surface area contributed by atoms with E-state index in [1.54, 1.807) is 17.9 Å². The molecule has 0 aliphatic heterocycles. The molecule has 0 fully saturated rings. The molecule has 0 radical (unpaired) electrons. The van der Waals surface area contributed by atoms with Gasteiger partial charge in [-0.3, -0.25) is 9.48 Å². The van der Waals surface area contributed by atoms with E-state index in [-0.39, 0.29) is 18.9 Å². The van der Waals surface area contributed by atoms with Crippen LogP contribution < -0.4 is 10.0 Å². The molecule has 1 aromatic heterocycles. The average molecular weight is 393 g/mol. The van der Waals surface area contributed by atoms with Crippen molar-refractivity contribution in [3.63, 3.8) is 0 Å². The molecule has 0 atom stereocenters. The number of aryl methyl sites for hydroxylation is 1. The lowest BCUT2D eigenvalue weighted by atomic mass is 9.95. The second-order valence-corrected chi connectivity index (χ2v) is 8.60. The molecule has 0 saturated heterocycles. The van der Waals surface area contributed by atoms with Crippen molar-refractivity contribution >= 4 is 15.9 Å². The molecule has 0 bridgehead atoms. The maximum Gasteiger partial charge on any atom is 0.241 e. The molecular formula is C19H28N4O3S. The number of amides is 1. The van der Waals surface area contributed by atoms with Gasteiger partial charge in [-0.25, -0.2) is 13.1 Å². The van der Waals surface area contributed by atoms with Gasteiger partial charge in [0.2, 0.25) is 15.9 Å². The number of carbonyl (C=O) groups is 1. The molecule has 0 saturated carbocycles. The van der Waals surface area contributed by atoms with Gasteiger partial charge in [0.05, 0.1) is 11.1 Å². The molecular weight excluding hydrogens is 364 g/mol. The van der Waals surface area contributed by atoms with Gasteiger partial charge in [-0.2, -0.15) is 5.10 Å². The number of nitrogens with zero attached hydrogens (tertiary/aromatic N) is 2. The first-order valence-corrected chi connectivity index (χ1v) is 10.3. The maximum atomic E-state index is 12.8. The summed E-state index contributed by atoms with van der Waals surface area (Å²) < 4.78 is 29.8. The number of hydrogen-bond acceptors (Lipinski definition) is 4. The number of benzene rings is 1.